The molecule has 2 aromatic carbocycles. The molecular weight excluding hydrogens is 399 g/mol. The molecule has 1 N–H and O–H groups in total. The average Bonchev–Trinajstić information content (AvgIpc) is 3.16. The standard InChI is InChI=1S/C21H15FO4S2/c22-20-4-2-1-3-17(20)10-12-18(23)11-7-15-5-8-16(9-6-15)19-13-14-27-21(19)28(24,25)26/h1-14H,(H,24,25,26)/b11-7+,12-10+. The summed E-state index contributed by atoms with van der Waals surface area (Å²) in [7, 11) is -4.28. The van der Waals surface area contributed by atoms with Gasteiger partial charge in [-0.3, -0.25) is 9.35 Å². The minimum atomic E-state index is -4.28. The highest BCUT2D eigenvalue weighted by Gasteiger charge is 2.18. The van der Waals surface area contributed by atoms with E-state index in [0.717, 1.165) is 16.9 Å². The zero-order valence-corrected chi connectivity index (χ0v) is 16.1. The van der Waals surface area contributed by atoms with E-state index in [1.165, 1.54) is 24.3 Å². The highest BCUT2D eigenvalue weighted by molar-refractivity contribution is 7.88. The van der Waals surface area contributed by atoms with Crippen molar-refractivity contribution in [2.24, 2.45) is 0 Å². The molecule has 0 spiro atoms. The van der Waals surface area contributed by atoms with Crippen LogP contribution in [0.15, 0.2) is 76.3 Å². The number of carbonyl (C=O) groups excluding carboxylic acids is 1. The molecule has 1 aromatic heterocycles. The van der Waals surface area contributed by atoms with Crippen molar-refractivity contribution in [2.75, 3.05) is 0 Å². The molecule has 0 aliphatic rings. The highest BCUT2D eigenvalue weighted by atomic mass is 32.3. The summed E-state index contributed by atoms with van der Waals surface area (Å²) in [4.78, 5) is 11.9. The van der Waals surface area contributed by atoms with E-state index in [1.807, 2.05) is 0 Å². The van der Waals surface area contributed by atoms with Crippen LogP contribution in [-0.2, 0) is 14.9 Å². The quantitative estimate of drug-likeness (QED) is 0.450. The second kappa shape index (κ2) is 8.43. The molecule has 7 heteroatoms. The van der Waals surface area contributed by atoms with Gasteiger partial charge in [-0.2, -0.15) is 8.42 Å². The number of carbonyl (C=O) groups is 1. The van der Waals surface area contributed by atoms with Crippen molar-refractivity contribution in [3.63, 3.8) is 0 Å². The summed E-state index contributed by atoms with van der Waals surface area (Å²) >= 11 is 0.943. The summed E-state index contributed by atoms with van der Waals surface area (Å²) in [6.07, 6.45) is 5.67. The predicted molar refractivity (Wildman–Crippen MR) is 109 cm³/mol. The van der Waals surface area contributed by atoms with Gasteiger partial charge in [0, 0.05) is 11.1 Å². The topological polar surface area (TPSA) is 71.4 Å². The largest absolute Gasteiger partial charge is 0.304 e. The van der Waals surface area contributed by atoms with E-state index in [1.54, 1.807) is 60.0 Å². The highest BCUT2D eigenvalue weighted by Crippen LogP contribution is 2.32. The van der Waals surface area contributed by atoms with Crippen LogP contribution < -0.4 is 0 Å². The van der Waals surface area contributed by atoms with E-state index >= 15 is 0 Å². The molecular formula is C21H15FO4S2. The van der Waals surface area contributed by atoms with Crippen LogP contribution in [0.1, 0.15) is 11.1 Å². The second-order valence-corrected chi connectivity index (χ2v) is 8.34. The van der Waals surface area contributed by atoms with Crippen LogP contribution >= 0.6 is 11.3 Å². The van der Waals surface area contributed by atoms with E-state index in [0.29, 0.717) is 16.7 Å². The molecule has 28 heavy (non-hydrogen) atoms. The molecule has 0 fully saturated rings. The number of allylic oxidation sites excluding steroid dienone is 2. The smallest absolute Gasteiger partial charge is 0.290 e. The number of ketones is 1. The van der Waals surface area contributed by atoms with Crippen LogP contribution in [0.3, 0.4) is 0 Å². The molecule has 0 saturated carbocycles. The monoisotopic (exact) mass is 414 g/mol. The number of rotatable bonds is 6. The fourth-order valence-corrected chi connectivity index (χ4v) is 4.26. The lowest BCUT2D eigenvalue weighted by atomic mass is 10.1. The van der Waals surface area contributed by atoms with Gasteiger partial charge in [-0.25, -0.2) is 4.39 Å². The molecule has 0 saturated heterocycles. The van der Waals surface area contributed by atoms with E-state index < -0.39 is 15.9 Å². The van der Waals surface area contributed by atoms with Gasteiger partial charge < -0.3 is 0 Å². The Morgan fingerprint density at radius 3 is 2.32 bits per heavy atom. The molecule has 1 heterocycles. The molecule has 142 valence electrons. The number of thiophene rings is 1. The zero-order chi connectivity index (χ0) is 20.1. The van der Waals surface area contributed by atoms with E-state index in [4.69, 9.17) is 0 Å². The molecule has 0 aliphatic heterocycles. The van der Waals surface area contributed by atoms with Crippen molar-refractivity contribution in [1.29, 1.82) is 0 Å². The van der Waals surface area contributed by atoms with Crippen molar-refractivity contribution < 1.29 is 22.2 Å². The Morgan fingerprint density at radius 2 is 1.64 bits per heavy atom. The van der Waals surface area contributed by atoms with Crippen molar-refractivity contribution in [3.05, 3.63) is 89.1 Å². The van der Waals surface area contributed by atoms with E-state index in [2.05, 4.69) is 0 Å². The maximum Gasteiger partial charge on any atom is 0.304 e. The van der Waals surface area contributed by atoms with Crippen molar-refractivity contribution in [1.82, 2.24) is 0 Å². The summed E-state index contributed by atoms with van der Waals surface area (Å²) in [6.45, 7) is 0. The molecule has 4 nitrogen and oxygen atoms in total. The van der Waals surface area contributed by atoms with Crippen LogP contribution in [0.25, 0.3) is 23.3 Å². The molecule has 3 rings (SSSR count). The number of halogens is 1. The average molecular weight is 414 g/mol. The fourth-order valence-electron chi connectivity index (χ4n) is 2.50. The summed E-state index contributed by atoms with van der Waals surface area (Å²) in [5, 5.41) is 1.59. The Morgan fingerprint density at radius 1 is 0.964 bits per heavy atom. The maximum absolute atomic E-state index is 13.5. The van der Waals surface area contributed by atoms with Gasteiger partial charge in [0.05, 0.1) is 0 Å². The lowest BCUT2D eigenvalue weighted by Gasteiger charge is -2.02. The van der Waals surface area contributed by atoms with Crippen LogP contribution in [0.2, 0.25) is 0 Å². The molecule has 0 radical (unpaired) electrons. The Kier molecular flexibility index (Phi) is 5.99. The molecule has 0 bridgehead atoms. The maximum atomic E-state index is 13.5. The summed E-state index contributed by atoms with van der Waals surface area (Å²) in [5.41, 5.74) is 2.13. The molecule has 0 aliphatic carbocycles. The van der Waals surface area contributed by atoms with E-state index in [9.17, 15) is 22.2 Å². The predicted octanol–water partition coefficient (Wildman–Crippen LogP) is 5.10. The third kappa shape index (κ3) is 4.89. The zero-order valence-electron chi connectivity index (χ0n) is 14.4. The summed E-state index contributed by atoms with van der Waals surface area (Å²) in [5.74, 6) is -0.692. The number of hydrogen-bond donors (Lipinski definition) is 1. The SMILES string of the molecule is O=C(/C=C/c1ccc(-c2ccsc2S(=O)(=O)O)cc1)/C=C/c1ccccc1F. The first-order chi connectivity index (χ1) is 13.3. The van der Waals surface area contributed by atoms with Gasteiger partial charge in [0.15, 0.2) is 9.99 Å². The van der Waals surface area contributed by atoms with Gasteiger partial charge in [-0.15, -0.1) is 11.3 Å². The Labute approximate surface area is 166 Å². The molecule has 0 atom stereocenters. The summed E-state index contributed by atoms with van der Waals surface area (Å²) < 4.78 is 45.5. The first-order valence-electron chi connectivity index (χ1n) is 8.15. The fraction of sp³-hybridized carbons (Fsp3) is 0. The Bertz CT molecular complexity index is 1160. The number of hydrogen-bond acceptors (Lipinski definition) is 4. The molecule has 3 aromatic rings. The third-order valence-electron chi connectivity index (χ3n) is 3.86. The van der Waals surface area contributed by atoms with Crippen molar-refractivity contribution in [2.45, 2.75) is 4.21 Å². The Balaban J connectivity index is 1.72. The van der Waals surface area contributed by atoms with Crippen LogP contribution in [0.5, 0.6) is 0 Å². The lowest BCUT2D eigenvalue weighted by Crippen LogP contribution is -1.96. The Hall–Kier alpha value is -2.87. The van der Waals surface area contributed by atoms with Crippen LogP contribution in [0.4, 0.5) is 4.39 Å². The minimum Gasteiger partial charge on any atom is -0.290 e. The number of benzene rings is 2. The first-order valence-corrected chi connectivity index (χ1v) is 10.5. The van der Waals surface area contributed by atoms with Crippen LogP contribution in [-0.4, -0.2) is 18.8 Å². The van der Waals surface area contributed by atoms with Gasteiger partial charge >= 0.3 is 10.1 Å². The van der Waals surface area contributed by atoms with Gasteiger partial charge in [0.25, 0.3) is 0 Å². The van der Waals surface area contributed by atoms with Gasteiger partial charge in [0.1, 0.15) is 5.82 Å². The van der Waals surface area contributed by atoms with Gasteiger partial charge in [-0.1, -0.05) is 48.5 Å². The first kappa shape index (κ1) is 19.9. The summed E-state index contributed by atoms with van der Waals surface area (Å²) in [6, 6.07) is 14.6. The van der Waals surface area contributed by atoms with Crippen molar-refractivity contribution in [3.8, 4) is 11.1 Å². The normalized spacial score (nSPS) is 12.1. The van der Waals surface area contributed by atoms with Crippen molar-refractivity contribution >= 4 is 39.4 Å². The molecule has 0 amide bonds. The third-order valence-corrected chi connectivity index (χ3v) is 6.17. The molecule has 0 unspecified atom stereocenters. The second-order valence-electron chi connectivity index (χ2n) is 5.81. The minimum absolute atomic E-state index is 0.107. The van der Waals surface area contributed by atoms with Gasteiger partial charge in [0.2, 0.25) is 0 Å². The lowest BCUT2D eigenvalue weighted by molar-refractivity contribution is -0.110. The van der Waals surface area contributed by atoms with E-state index in [-0.39, 0.29) is 9.99 Å². The van der Waals surface area contributed by atoms with Gasteiger partial charge in [-0.05, 0) is 46.9 Å². The van der Waals surface area contributed by atoms with Crippen LogP contribution in [0, 0.1) is 5.82 Å².